The second-order valence-electron chi connectivity index (χ2n) is 4.63. The zero-order valence-corrected chi connectivity index (χ0v) is 12.3. The number of aromatic nitrogens is 2. The van der Waals surface area contributed by atoms with Crippen LogP contribution < -0.4 is 10.6 Å². The van der Waals surface area contributed by atoms with E-state index in [-0.39, 0.29) is 5.91 Å². The predicted octanol–water partition coefficient (Wildman–Crippen LogP) is 2.28. The summed E-state index contributed by atoms with van der Waals surface area (Å²) < 4.78 is 6.96. The number of methoxy groups -OCH3 is 1. The Morgan fingerprint density at radius 1 is 1.43 bits per heavy atom. The van der Waals surface area contributed by atoms with E-state index in [1.54, 1.807) is 13.3 Å². The van der Waals surface area contributed by atoms with Crippen molar-refractivity contribution in [2.24, 2.45) is 0 Å². The normalized spacial score (nSPS) is 10.4. The molecule has 0 aliphatic heterocycles. The molecule has 112 valence electrons. The maximum atomic E-state index is 11.1. The van der Waals surface area contributed by atoms with Gasteiger partial charge in [0.2, 0.25) is 11.9 Å². The molecule has 0 atom stereocenters. The van der Waals surface area contributed by atoms with Crippen LogP contribution in [0, 0.1) is 0 Å². The molecule has 0 bridgehead atoms. The highest BCUT2D eigenvalue weighted by atomic mass is 16.5. The number of carbonyl (C=O) groups is 1. The first-order valence-electron chi connectivity index (χ1n) is 6.85. The van der Waals surface area contributed by atoms with Crippen LogP contribution in [0.2, 0.25) is 0 Å². The number of nitrogens with one attached hydrogen (secondary N) is 2. The van der Waals surface area contributed by atoms with Gasteiger partial charge in [-0.2, -0.15) is 0 Å². The van der Waals surface area contributed by atoms with Gasteiger partial charge >= 0.3 is 0 Å². The van der Waals surface area contributed by atoms with Crippen molar-refractivity contribution in [2.75, 3.05) is 30.9 Å². The highest BCUT2D eigenvalue weighted by Crippen LogP contribution is 2.18. The maximum absolute atomic E-state index is 11.1. The number of anilines is 2. The summed E-state index contributed by atoms with van der Waals surface area (Å²) in [5.74, 6) is 0.682. The monoisotopic (exact) mass is 288 g/mol. The van der Waals surface area contributed by atoms with Gasteiger partial charge in [-0.1, -0.05) is 6.07 Å². The Hall–Kier alpha value is -2.34. The Morgan fingerprint density at radius 2 is 2.29 bits per heavy atom. The zero-order chi connectivity index (χ0) is 15.1. The number of hydrogen-bond donors (Lipinski definition) is 2. The van der Waals surface area contributed by atoms with E-state index in [0.717, 1.165) is 30.3 Å². The number of carbonyl (C=O) groups excluding carboxylic acids is 1. The molecule has 0 spiro atoms. The van der Waals surface area contributed by atoms with Gasteiger partial charge in [0, 0.05) is 45.3 Å². The Labute approximate surface area is 124 Å². The van der Waals surface area contributed by atoms with Gasteiger partial charge in [-0.3, -0.25) is 9.36 Å². The Balaban J connectivity index is 2.11. The maximum Gasteiger partial charge on any atom is 0.221 e. The quantitative estimate of drug-likeness (QED) is 0.767. The smallest absolute Gasteiger partial charge is 0.221 e. The summed E-state index contributed by atoms with van der Waals surface area (Å²) in [7, 11) is 1.69. The third-order valence-electron chi connectivity index (χ3n) is 2.89. The molecule has 6 nitrogen and oxygen atoms in total. The first-order valence-corrected chi connectivity index (χ1v) is 6.85. The highest BCUT2D eigenvalue weighted by molar-refractivity contribution is 5.88. The number of ether oxygens (including phenoxy) is 1. The van der Waals surface area contributed by atoms with Gasteiger partial charge in [0.05, 0.1) is 5.69 Å². The molecule has 0 unspecified atom stereocenters. The molecule has 2 rings (SSSR count). The van der Waals surface area contributed by atoms with Crippen molar-refractivity contribution in [1.29, 1.82) is 0 Å². The number of hydrogen-bond acceptors (Lipinski definition) is 4. The summed E-state index contributed by atoms with van der Waals surface area (Å²) in [6, 6.07) is 7.62. The van der Waals surface area contributed by atoms with E-state index in [0.29, 0.717) is 6.61 Å². The third-order valence-corrected chi connectivity index (χ3v) is 2.89. The molecule has 0 aliphatic carbocycles. The van der Waals surface area contributed by atoms with E-state index in [4.69, 9.17) is 4.74 Å². The van der Waals surface area contributed by atoms with Crippen LogP contribution in [0.5, 0.6) is 0 Å². The number of amides is 1. The van der Waals surface area contributed by atoms with Crippen LogP contribution in [0.15, 0.2) is 36.7 Å². The molecule has 0 saturated carbocycles. The lowest BCUT2D eigenvalue weighted by Gasteiger charge is -2.11. The summed E-state index contributed by atoms with van der Waals surface area (Å²) in [4.78, 5) is 15.4. The fourth-order valence-corrected chi connectivity index (χ4v) is 2.00. The van der Waals surface area contributed by atoms with Crippen LogP contribution in [0.4, 0.5) is 11.6 Å². The summed E-state index contributed by atoms with van der Waals surface area (Å²) >= 11 is 0. The summed E-state index contributed by atoms with van der Waals surface area (Å²) in [6.07, 6.45) is 4.53. The Bertz CT molecular complexity index is 595. The molecule has 0 radical (unpaired) electrons. The summed E-state index contributed by atoms with van der Waals surface area (Å²) in [5.41, 5.74) is 1.70. The molecule has 0 fully saturated rings. The molecule has 2 aromatic rings. The van der Waals surface area contributed by atoms with Gasteiger partial charge in [0.25, 0.3) is 0 Å². The fourth-order valence-electron chi connectivity index (χ4n) is 2.00. The Kier molecular flexibility index (Phi) is 5.34. The first kappa shape index (κ1) is 15.1. The van der Waals surface area contributed by atoms with Gasteiger partial charge in [0.1, 0.15) is 0 Å². The van der Waals surface area contributed by atoms with Gasteiger partial charge in [-0.05, 0) is 24.6 Å². The molecule has 0 aliphatic rings. The fraction of sp³-hybridized carbons (Fsp3) is 0.333. The predicted molar refractivity (Wildman–Crippen MR) is 82.9 cm³/mol. The molecule has 2 N–H and O–H groups in total. The molecule has 1 heterocycles. The third kappa shape index (κ3) is 4.32. The van der Waals surface area contributed by atoms with E-state index in [1.807, 2.05) is 35.0 Å². The average Bonchev–Trinajstić information content (AvgIpc) is 2.91. The van der Waals surface area contributed by atoms with Crippen LogP contribution in [-0.2, 0) is 9.53 Å². The van der Waals surface area contributed by atoms with E-state index in [9.17, 15) is 4.79 Å². The highest BCUT2D eigenvalue weighted by Gasteiger charge is 2.05. The van der Waals surface area contributed by atoms with Gasteiger partial charge < -0.3 is 15.4 Å². The minimum Gasteiger partial charge on any atom is -0.385 e. The minimum atomic E-state index is -0.0873. The lowest BCUT2D eigenvalue weighted by molar-refractivity contribution is -0.114. The zero-order valence-electron chi connectivity index (χ0n) is 12.3. The van der Waals surface area contributed by atoms with Crippen LogP contribution in [-0.4, -0.2) is 35.7 Å². The molecular weight excluding hydrogens is 268 g/mol. The number of nitrogens with zero attached hydrogens (tertiary/aromatic N) is 2. The number of benzene rings is 1. The molecule has 1 aromatic heterocycles. The topological polar surface area (TPSA) is 68.2 Å². The van der Waals surface area contributed by atoms with Crippen molar-refractivity contribution >= 4 is 17.5 Å². The van der Waals surface area contributed by atoms with Crippen LogP contribution in [0.3, 0.4) is 0 Å². The van der Waals surface area contributed by atoms with Crippen molar-refractivity contribution in [3.05, 3.63) is 36.7 Å². The average molecular weight is 288 g/mol. The summed E-state index contributed by atoms with van der Waals surface area (Å²) in [6.45, 7) is 2.99. The van der Waals surface area contributed by atoms with Gasteiger partial charge in [-0.15, -0.1) is 0 Å². The van der Waals surface area contributed by atoms with Crippen molar-refractivity contribution in [1.82, 2.24) is 9.55 Å². The van der Waals surface area contributed by atoms with Crippen molar-refractivity contribution in [2.45, 2.75) is 13.3 Å². The lowest BCUT2D eigenvalue weighted by Crippen LogP contribution is -2.10. The van der Waals surface area contributed by atoms with E-state index >= 15 is 0 Å². The van der Waals surface area contributed by atoms with Crippen LogP contribution in [0.1, 0.15) is 13.3 Å². The van der Waals surface area contributed by atoms with Crippen LogP contribution in [0.25, 0.3) is 5.69 Å². The standard InChI is InChI=1S/C15H20N4O2/c1-12(20)18-13-5-3-6-14(11-13)19-9-8-17-15(19)16-7-4-10-21-2/h3,5-6,8-9,11H,4,7,10H2,1-2H3,(H,16,17)(H,18,20). The molecule has 6 heteroatoms. The van der Waals surface area contributed by atoms with E-state index in [2.05, 4.69) is 15.6 Å². The lowest BCUT2D eigenvalue weighted by atomic mass is 10.2. The SMILES string of the molecule is COCCCNc1nccn1-c1cccc(NC(C)=O)c1. The second kappa shape index (κ2) is 7.44. The Morgan fingerprint density at radius 3 is 3.05 bits per heavy atom. The molecule has 1 amide bonds. The minimum absolute atomic E-state index is 0.0873. The van der Waals surface area contributed by atoms with Gasteiger partial charge in [0.15, 0.2) is 0 Å². The molecule has 0 saturated heterocycles. The second-order valence-corrected chi connectivity index (χ2v) is 4.63. The largest absolute Gasteiger partial charge is 0.385 e. The van der Waals surface area contributed by atoms with Crippen molar-refractivity contribution in [3.63, 3.8) is 0 Å². The molecular formula is C15H20N4O2. The van der Waals surface area contributed by atoms with Crippen LogP contribution >= 0.6 is 0 Å². The number of imidazole rings is 1. The van der Waals surface area contributed by atoms with Crippen molar-refractivity contribution < 1.29 is 9.53 Å². The molecule has 21 heavy (non-hydrogen) atoms. The van der Waals surface area contributed by atoms with Crippen molar-refractivity contribution in [3.8, 4) is 5.69 Å². The van der Waals surface area contributed by atoms with E-state index < -0.39 is 0 Å². The number of rotatable bonds is 7. The first-order chi connectivity index (χ1) is 10.2. The van der Waals surface area contributed by atoms with E-state index in [1.165, 1.54) is 6.92 Å². The molecule has 1 aromatic carbocycles. The summed E-state index contributed by atoms with van der Waals surface area (Å²) in [5, 5.41) is 6.05. The van der Waals surface area contributed by atoms with Gasteiger partial charge in [-0.25, -0.2) is 4.98 Å².